The van der Waals surface area contributed by atoms with Crippen molar-refractivity contribution in [3.8, 4) is 0 Å². The molecule has 0 aliphatic rings. The van der Waals surface area contributed by atoms with Crippen LogP contribution in [0, 0.1) is 19.8 Å². The van der Waals surface area contributed by atoms with Crippen molar-refractivity contribution in [2.75, 3.05) is 11.9 Å². The fourth-order valence-corrected chi connectivity index (χ4v) is 2.49. The van der Waals surface area contributed by atoms with E-state index in [0.717, 1.165) is 11.1 Å². The number of amides is 2. The molecule has 6 nitrogen and oxygen atoms in total. The van der Waals surface area contributed by atoms with Gasteiger partial charge < -0.3 is 15.4 Å². The lowest BCUT2D eigenvalue weighted by molar-refractivity contribution is -0.150. The van der Waals surface area contributed by atoms with Gasteiger partial charge in [0, 0.05) is 11.3 Å². The van der Waals surface area contributed by atoms with Crippen LogP contribution in [0.15, 0.2) is 48.5 Å². The molecule has 6 heteroatoms. The van der Waals surface area contributed by atoms with Gasteiger partial charge in [-0.2, -0.15) is 0 Å². The van der Waals surface area contributed by atoms with Crippen molar-refractivity contribution < 1.29 is 19.1 Å². The van der Waals surface area contributed by atoms with E-state index in [1.807, 2.05) is 38.1 Å². The Morgan fingerprint density at radius 1 is 0.893 bits per heavy atom. The van der Waals surface area contributed by atoms with Gasteiger partial charge in [0.2, 0.25) is 0 Å². The van der Waals surface area contributed by atoms with E-state index in [2.05, 4.69) is 10.6 Å². The third kappa shape index (κ3) is 6.23. The number of hydrogen-bond donors (Lipinski definition) is 2. The molecule has 148 valence electrons. The molecule has 0 saturated heterocycles. The topological polar surface area (TPSA) is 84.5 Å². The number of rotatable bonds is 7. The number of ether oxygens (including phenoxy) is 1. The smallest absolute Gasteiger partial charge is 0.329 e. The van der Waals surface area contributed by atoms with Crippen LogP contribution in [-0.2, 0) is 14.3 Å². The van der Waals surface area contributed by atoms with Crippen molar-refractivity contribution in [1.82, 2.24) is 5.32 Å². The summed E-state index contributed by atoms with van der Waals surface area (Å²) in [5, 5.41) is 5.35. The highest BCUT2D eigenvalue weighted by molar-refractivity contribution is 5.97. The van der Waals surface area contributed by atoms with Crippen LogP contribution < -0.4 is 10.6 Å². The Morgan fingerprint density at radius 3 is 1.96 bits per heavy atom. The van der Waals surface area contributed by atoms with Gasteiger partial charge in [0.25, 0.3) is 11.8 Å². The maximum Gasteiger partial charge on any atom is 0.329 e. The van der Waals surface area contributed by atoms with Crippen molar-refractivity contribution in [1.29, 1.82) is 0 Å². The lowest BCUT2D eigenvalue weighted by atomic mass is 10.0. The third-order valence-electron chi connectivity index (χ3n) is 4.20. The van der Waals surface area contributed by atoms with Crippen molar-refractivity contribution in [2.45, 2.75) is 33.7 Å². The van der Waals surface area contributed by atoms with E-state index >= 15 is 0 Å². The minimum atomic E-state index is -0.846. The summed E-state index contributed by atoms with van der Waals surface area (Å²) in [5.74, 6) is -1.64. The summed E-state index contributed by atoms with van der Waals surface area (Å²) in [6.07, 6.45) is 0. The Hall–Kier alpha value is -3.15. The molecule has 2 rings (SSSR count). The molecule has 0 saturated carbocycles. The van der Waals surface area contributed by atoms with E-state index in [-0.39, 0.29) is 11.8 Å². The number of benzene rings is 2. The van der Waals surface area contributed by atoms with Crippen LogP contribution in [0.1, 0.15) is 35.3 Å². The normalized spacial score (nSPS) is 11.6. The van der Waals surface area contributed by atoms with Crippen LogP contribution in [0.5, 0.6) is 0 Å². The fraction of sp³-hybridized carbons (Fsp3) is 0.318. The molecule has 28 heavy (non-hydrogen) atoms. The van der Waals surface area contributed by atoms with Gasteiger partial charge in [-0.3, -0.25) is 9.59 Å². The number of aryl methyl sites for hydroxylation is 2. The first kappa shape index (κ1) is 21.2. The molecule has 1 atom stereocenters. The SMILES string of the molecule is Cc1ccc(NC(=O)COC(=O)[C@@H](NC(=O)c2ccc(C)cc2)C(C)C)cc1. The highest BCUT2D eigenvalue weighted by atomic mass is 16.5. The maximum atomic E-state index is 12.4. The van der Waals surface area contributed by atoms with Crippen molar-refractivity contribution in [3.05, 3.63) is 65.2 Å². The summed E-state index contributed by atoms with van der Waals surface area (Å²) >= 11 is 0. The van der Waals surface area contributed by atoms with Crippen LogP contribution in [-0.4, -0.2) is 30.4 Å². The molecule has 2 amide bonds. The van der Waals surface area contributed by atoms with Crippen LogP contribution in [0.25, 0.3) is 0 Å². The van der Waals surface area contributed by atoms with E-state index in [4.69, 9.17) is 4.74 Å². The van der Waals surface area contributed by atoms with Crippen molar-refractivity contribution in [3.63, 3.8) is 0 Å². The first-order chi connectivity index (χ1) is 13.3. The summed E-state index contributed by atoms with van der Waals surface area (Å²) in [6.45, 7) is 7.06. The Kier molecular flexibility index (Phi) is 7.32. The zero-order valence-corrected chi connectivity index (χ0v) is 16.6. The lowest BCUT2D eigenvalue weighted by Crippen LogP contribution is -2.45. The molecule has 0 unspecified atom stereocenters. The van der Waals surface area contributed by atoms with E-state index in [1.54, 1.807) is 38.1 Å². The van der Waals surface area contributed by atoms with Crippen molar-refractivity contribution in [2.24, 2.45) is 5.92 Å². The molecule has 0 heterocycles. The maximum absolute atomic E-state index is 12.4. The number of hydrogen-bond acceptors (Lipinski definition) is 4. The van der Waals surface area contributed by atoms with Crippen LogP contribution in [0.4, 0.5) is 5.69 Å². The predicted octanol–water partition coefficient (Wildman–Crippen LogP) is 3.24. The third-order valence-corrected chi connectivity index (χ3v) is 4.20. The number of anilines is 1. The van der Waals surface area contributed by atoms with Gasteiger partial charge >= 0.3 is 5.97 Å². The molecule has 0 bridgehead atoms. The highest BCUT2D eigenvalue weighted by Crippen LogP contribution is 2.10. The van der Waals surface area contributed by atoms with Gasteiger partial charge in [0.15, 0.2) is 6.61 Å². The molecule has 0 radical (unpaired) electrons. The Bertz CT molecular complexity index is 827. The highest BCUT2D eigenvalue weighted by Gasteiger charge is 2.26. The second-order valence-electron chi connectivity index (χ2n) is 7.08. The zero-order chi connectivity index (χ0) is 20.7. The predicted molar refractivity (Wildman–Crippen MR) is 108 cm³/mol. The van der Waals surface area contributed by atoms with Gasteiger partial charge in [-0.15, -0.1) is 0 Å². The number of carbonyl (C=O) groups is 3. The summed E-state index contributed by atoms with van der Waals surface area (Å²) in [6, 6.07) is 13.5. The summed E-state index contributed by atoms with van der Waals surface area (Å²) < 4.78 is 5.11. The number of nitrogens with one attached hydrogen (secondary N) is 2. The van der Waals surface area contributed by atoms with Crippen LogP contribution in [0.2, 0.25) is 0 Å². The average molecular weight is 382 g/mol. The first-order valence-corrected chi connectivity index (χ1v) is 9.17. The van der Waals surface area contributed by atoms with Gasteiger partial charge in [0.05, 0.1) is 0 Å². The zero-order valence-electron chi connectivity index (χ0n) is 16.6. The van der Waals surface area contributed by atoms with Gasteiger partial charge in [-0.05, 0) is 44.0 Å². The molecule has 0 spiro atoms. The molecule has 0 fully saturated rings. The van der Waals surface area contributed by atoms with E-state index < -0.39 is 24.5 Å². The number of esters is 1. The van der Waals surface area contributed by atoms with Crippen molar-refractivity contribution >= 4 is 23.5 Å². The lowest BCUT2D eigenvalue weighted by Gasteiger charge is -2.21. The first-order valence-electron chi connectivity index (χ1n) is 9.17. The molecule has 2 N–H and O–H groups in total. The Labute approximate surface area is 165 Å². The largest absolute Gasteiger partial charge is 0.454 e. The Morgan fingerprint density at radius 2 is 1.43 bits per heavy atom. The second kappa shape index (κ2) is 9.69. The molecular weight excluding hydrogens is 356 g/mol. The molecule has 0 aliphatic heterocycles. The van der Waals surface area contributed by atoms with Crippen LogP contribution in [0.3, 0.4) is 0 Å². The minimum Gasteiger partial charge on any atom is -0.454 e. The van der Waals surface area contributed by atoms with E-state index in [0.29, 0.717) is 11.3 Å². The van der Waals surface area contributed by atoms with Gasteiger partial charge in [0.1, 0.15) is 6.04 Å². The van der Waals surface area contributed by atoms with E-state index in [9.17, 15) is 14.4 Å². The fourth-order valence-electron chi connectivity index (χ4n) is 2.49. The van der Waals surface area contributed by atoms with Gasteiger partial charge in [-0.1, -0.05) is 49.2 Å². The Balaban J connectivity index is 1.91. The summed E-state index contributed by atoms with van der Waals surface area (Å²) in [5.41, 5.74) is 3.20. The van der Waals surface area contributed by atoms with Gasteiger partial charge in [-0.25, -0.2) is 4.79 Å². The minimum absolute atomic E-state index is 0.193. The average Bonchev–Trinajstić information content (AvgIpc) is 2.66. The molecule has 0 aromatic heterocycles. The molecular formula is C22H26N2O4. The molecule has 2 aromatic carbocycles. The second-order valence-corrected chi connectivity index (χ2v) is 7.08. The van der Waals surface area contributed by atoms with E-state index in [1.165, 1.54) is 0 Å². The molecule has 2 aromatic rings. The quantitative estimate of drug-likeness (QED) is 0.720. The van der Waals surface area contributed by atoms with Crippen LogP contribution >= 0.6 is 0 Å². The number of carbonyl (C=O) groups excluding carboxylic acids is 3. The standard InChI is InChI=1S/C22H26N2O4/c1-14(2)20(24-21(26)17-9-5-15(3)6-10-17)22(27)28-13-19(25)23-18-11-7-16(4)8-12-18/h5-12,14,20H,13H2,1-4H3,(H,23,25)(H,24,26)/t20-/m0/s1. The summed E-state index contributed by atoms with van der Waals surface area (Å²) in [4.78, 5) is 36.8. The monoisotopic (exact) mass is 382 g/mol. The molecule has 0 aliphatic carbocycles. The summed E-state index contributed by atoms with van der Waals surface area (Å²) in [7, 11) is 0.